The Bertz CT molecular complexity index is 824. The molecule has 1 aromatic heterocycles. The number of nitrogens with zero attached hydrogens (tertiary/aromatic N) is 2. The Hall–Kier alpha value is -0.930. The minimum Gasteiger partial charge on any atom is -0.292 e. The molecule has 1 unspecified atom stereocenters. The summed E-state index contributed by atoms with van der Waals surface area (Å²) >= 11 is 25.1. The molecule has 2 aromatic carbocycles. The van der Waals surface area contributed by atoms with Gasteiger partial charge in [-0.25, -0.2) is 4.98 Å². The highest BCUT2D eigenvalue weighted by Crippen LogP contribution is 2.36. The summed E-state index contributed by atoms with van der Waals surface area (Å²) < 4.78 is 1.86. The van der Waals surface area contributed by atoms with E-state index in [1.807, 2.05) is 41.8 Å². The number of hydrogen-bond donors (Lipinski definition) is 0. The first-order chi connectivity index (χ1) is 10.0. The van der Waals surface area contributed by atoms with Gasteiger partial charge in [0.15, 0.2) is 0 Å². The van der Waals surface area contributed by atoms with Gasteiger partial charge in [-0.2, -0.15) is 0 Å². The van der Waals surface area contributed by atoms with Crippen LogP contribution in [-0.2, 0) is 0 Å². The molecule has 0 aliphatic carbocycles. The van der Waals surface area contributed by atoms with Crippen molar-refractivity contribution in [3.8, 4) is 5.69 Å². The fraction of sp³-hybridized carbons (Fsp3) is 0.133. The van der Waals surface area contributed by atoms with Crippen molar-refractivity contribution in [3.05, 3.63) is 57.3 Å². The summed E-state index contributed by atoms with van der Waals surface area (Å²) in [7, 11) is 0. The average Bonchev–Trinajstić information content (AvgIpc) is 2.83. The molecule has 1 heterocycles. The first-order valence-electron chi connectivity index (χ1n) is 6.26. The molecule has 0 saturated heterocycles. The predicted octanol–water partition coefficient (Wildman–Crippen LogP) is 6.29. The number of benzene rings is 2. The number of hydrogen-bond acceptors (Lipinski definition) is 1. The van der Waals surface area contributed by atoms with Gasteiger partial charge in [0.25, 0.3) is 0 Å². The molecule has 0 fully saturated rings. The molecule has 1 atom stereocenters. The number of para-hydroxylation sites is 1. The first-order valence-corrected chi connectivity index (χ1v) is 7.83. The third-order valence-electron chi connectivity index (χ3n) is 3.18. The van der Waals surface area contributed by atoms with E-state index in [2.05, 4.69) is 4.98 Å². The Kier molecular flexibility index (Phi) is 4.06. The van der Waals surface area contributed by atoms with Gasteiger partial charge in [0.1, 0.15) is 5.82 Å². The highest BCUT2D eigenvalue weighted by molar-refractivity contribution is 6.43. The summed E-state index contributed by atoms with van der Waals surface area (Å²) in [6.45, 7) is 1.85. The summed E-state index contributed by atoms with van der Waals surface area (Å²) in [5.74, 6) is 0.670. The van der Waals surface area contributed by atoms with Crippen LogP contribution in [0.15, 0.2) is 36.4 Å². The van der Waals surface area contributed by atoms with E-state index in [1.165, 1.54) is 0 Å². The zero-order chi connectivity index (χ0) is 15.1. The molecule has 3 rings (SSSR count). The van der Waals surface area contributed by atoms with E-state index >= 15 is 0 Å². The van der Waals surface area contributed by atoms with Crippen LogP contribution < -0.4 is 0 Å². The van der Waals surface area contributed by atoms with Crippen molar-refractivity contribution < 1.29 is 0 Å². The monoisotopic (exact) mass is 358 g/mol. The zero-order valence-electron chi connectivity index (χ0n) is 10.9. The van der Waals surface area contributed by atoms with Crippen LogP contribution in [0.1, 0.15) is 18.1 Å². The molecule has 0 bridgehead atoms. The van der Waals surface area contributed by atoms with Crippen molar-refractivity contribution in [3.63, 3.8) is 0 Å². The van der Waals surface area contributed by atoms with Crippen LogP contribution in [-0.4, -0.2) is 9.55 Å². The average molecular weight is 360 g/mol. The van der Waals surface area contributed by atoms with Gasteiger partial charge >= 0.3 is 0 Å². The topological polar surface area (TPSA) is 17.8 Å². The maximum absolute atomic E-state index is 6.35. The Morgan fingerprint density at radius 1 is 1.00 bits per heavy atom. The number of halogens is 4. The van der Waals surface area contributed by atoms with Crippen molar-refractivity contribution in [2.75, 3.05) is 0 Å². The summed E-state index contributed by atoms with van der Waals surface area (Å²) in [6.07, 6.45) is 0. The van der Waals surface area contributed by atoms with E-state index < -0.39 is 0 Å². The van der Waals surface area contributed by atoms with Crippen LogP contribution in [0.2, 0.25) is 15.1 Å². The molecular weight excluding hydrogens is 350 g/mol. The van der Waals surface area contributed by atoms with Crippen molar-refractivity contribution >= 4 is 57.4 Å². The normalized spacial score (nSPS) is 12.8. The molecule has 6 heteroatoms. The van der Waals surface area contributed by atoms with Crippen molar-refractivity contribution in [2.45, 2.75) is 12.3 Å². The van der Waals surface area contributed by atoms with Crippen LogP contribution in [0.3, 0.4) is 0 Å². The summed E-state index contributed by atoms with van der Waals surface area (Å²) in [4.78, 5) is 4.57. The van der Waals surface area contributed by atoms with E-state index in [9.17, 15) is 0 Å². The van der Waals surface area contributed by atoms with E-state index in [1.54, 1.807) is 6.07 Å². The highest BCUT2D eigenvalue weighted by atomic mass is 35.5. The minimum absolute atomic E-state index is 0.302. The number of alkyl halides is 1. The maximum atomic E-state index is 6.35. The summed E-state index contributed by atoms with van der Waals surface area (Å²) in [5, 5.41) is 1.19. The lowest BCUT2D eigenvalue weighted by molar-refractivity contribution is 0.883. The van der Waals surface area contributed by atoms with Crippen LogP contribution in [0.25, 0.3) is 16.7 Å². The van der Waals surface area contributed by atoms with Gasteiger partial charge in [-0.1, -0.05) is 46.9 Å². The fourth-order valence-corrected chi connectivity index (χ4v) is 3.06. The molecule has 3 aromatic rings. The summed E-state index contributed by atoms with van der Waals surface area (Å²) in [5.41, 5.74) is 2.24. The van der Waals surface area contributed by atoms with Crippen LogP contribution in [0, 0.1) is 0 Å². The maximum Gasteiger partial charge on any atom is 0.132 e. The van der Waals surface area contributed by atoms with Crippen LogP contribution in [0.4, 0.5) is 0 Å². The van der Waals surface area contributed by atoms with Gasteiger partial charge in [0.05, 0.1) is 37.2 Å². The minimum atomic E-state index is -0.302. The van der Waals surface area contributed by atoms with Gasteiger partial charge in [-0.05, 0) is 31.2 Å². The molecule has 21 heavy (non-hydrogen) atoms. The molecule has 2 nitrogen and oxygen atoms in total. The molecule has 0 radical (unpaired) electrons. The molecule has 0 amide bonds. The van der Waals surface area contributed by atoms with Crippen molar-refractivity contribution in [1.29, 1.82) is 0 Å². The zero-order valence-corrected chi connectivity index (χ0v) is 14.0. The smallest absolute Gasteiger partial charge is 0.132 e. The van der Waals surface area contributed by atoms with Crippen LogP contribution >= 0.6 is 46.4 Å². The third kappa shape index (κ3) is 2.51. The van der Waals surface area contributed by atoms with E-state index in [4.69, 9.17) is 46.4 Å². The predicted molar refractivity (Wildman–Crippen MR) is 90.4 cm³/mol. The van der Waals surface area contributed by atoms with Gasteiger partial charge in [-0.15, -0.1) is 11.6 Å². The van der Waals surface area contributed by atoms with Crippen molar-refractivity contribution in [2.24, 2.45) is 0 Å². The molecule has 0 saturated carbocycles. The van der Waals surface area contributed by atoms with Crippen molar-refractivity contribution in [1.82, 2.24) is 9.55 Å². The molecule has 0 N–H and O–H groups in total. The highest BCUT2D eigenvalue weighted by Gasteiger charge is 2.20. The second-order valence-electron chi connectivity index (χ2n) is 4.60. The molecular formula is C15H10Cl4N2. The van der Waals surface area contributed by atoms with Gasteiger partial charge < -0.3 is 0 Å². The lowest BCUT2D eigenvalue weighted by Gasteiger charge is -2.13. The molecule has 0 aliphatic heterocycles. The van der Waals surface area contributed by atoms with E-state index in [-0.39, 0.29) is 5.38 Å². The van der Waals surface area contributed by atoms with Gasteiger partial charge in [0.2, 0.25) is 0 Å². The van der Waals surface area contributed by atoms with Gasteiger partial charge in [-0.3, -0.25) is 4.57 Å². The number of aromatic nitrogens is 2. The Morgan fingerprint density at radius 2 is 1.67 bits per heavy atom. The van der Waals surface area contributed by atoms with Gasteiger partial charge in [0, 0.05) is 0 Å². The molecule has 0 spiro atoms. The Morgan fingerprint density at radius 3 is 2.38 bits per heavy atom. The third-order valence-corrected chi connectivity index (χ3v) is 4.49. The quantitative estimate of drug-likeness (QED) is 0.492. The number of rotatable bonds is 2. The number of fused-ring (bicyclic) bond motifs is 1. The Balaban J connectivity index is 2.45. The molecule has 0 aliphatic rings. The first kappa shape index (κ1) is 15.0. The molecule has 108 valence electrons. The van der Waals surface area contributed by atoms with E-state index in [0.29, 0.717) is 26.6 Å². The lowest BCUT2D eigenvalue weighted by atomic mass is 10.2. The lowest BCUT2D eigenvalue weighted by Crippen LogP contribution is -2.03. The van der Waals surface area contributed by atoms with E-state index in [0.717, 1.165) is 11.0 Å². The standard InChI is InChI=1S/C15H10Cl4N2/c1-8(16)15-20-11-6-2-5-10(18)14(11)21(15)12-7-3-4-9(17)13(12)19/h2-8H,1H3. The second kappa shape index (κ2) is 5.69. The Labute approximate surface area is 142 Å². The second-order valence-corrected chi connectivity index (χ2v) is 6.45. The van der Waals surface area contributed by atoms with Crippen LogP contribution in [0.5, 0.6) is 0 Å². The number of imidazole rings is 1. The SMILES string of the molecule is CC(Cl)c1nc2cccc(Cl)c2n1-c1cccc(Cl)c1Cl. The summed E-state index contributed by atoms with van der Waals surface area (Å²) in [6, 6.07) is 11.0. The fourth-order valence-electron chi connectivity index (χ4n) is 2.28. The largest absolute Gasteiger partial charge is 0.292 e.